The van der Waals surface area contributed by atoms with Crippen LogP contribution in [-0.2, 0) is 0 Å². The number of aryl methyl sites for hydroxylation is 3. The summed E-state index contributed by atoms with van der Waals surface area (Å²) in [7, 11) is 0. The van der Waals surface area contributed by atoms with Crippen LogP contribution in [-0.4, -0.2) is 11.9 Å². The molecule has 1 aromatic heterocycles. The third-order valence-electron chi connectivity index (χ3n) is 4.32. The molecule has 0 radical (unpaired) electrons. The van der Waals surface area contributed by atoms with Gasteiger partial charge in [-0.25, -0.2) is 13.2 Å². The molecule has 0 fully saturated rings. The summed E-state index contributed by atoms with van der Waals surface area (Å²) in [5.41, 5.74) is 2.88. The van der Waals surface area contributed by atoms with Crippen LogP contribution < -0.4 is 9.47 Å². The maximum absolute atomic E-state index is 12.4. The second-order valence-corrected chi connectivity index (χ2v) is 6.78. The normalized spacial score (nSPS) is 11.3. The van der Waals surface area contributed by atoms with Crippen molar-refractivity contribution in [2.24, 2.45) is 0 Å². The van der Waals surface area contributed by atoms with Gasteiger partial charge in [0.25, 0.3) is 0 Å². The smallest absolute Gasteiger partial charge is 0.231 e. The largest absolute Gasteiger partial charge is 0.454 e. The molecule has 1 aliphatic heterocycles. The standard InChI is InChI=1S/C8H7ClO2.C7H5F3.C6H9NO/c1-5-2-7-8(3-6(5)9)11-4-10-7;1-4-5(8)2-3-6(9)7(4)10;1-4-5(2)7-8-6(4)3/h2-3H,4H2,1H3;2-3H,1H3;1-3H3. The van der Waals surface area contributed by atoms with Crippen LogP contribution in [0.4, 0.5) is 13.2 Å². The molecule has 29 heavy (non-hydrogen) atoms. The maximum atomic E-state index is 12.4. The zero-order valence-electron chi connectivity index (χ0n) is 16.7. The molecule has 2 heterocycles. The Bertz CT molecular complexity index is 930. The summed E-state index contributed by atoms with van der Waals surface area (Å²) in [5.74, 6) is -0.409. The van der Waals surface area contributed by atoms with Crippen molar-refractivity contribution < 1.29 is 27.2 Å². The van der Waals surface area contributed by atoms with Crippen molar-refractivity contribution in [2.75, 3.05) is 6.79 Å². The zero-order valence-corrected chi connectivity index (χ0v) is 17.5. The molecule has 2 aromatic carbocycles. The van der Waals surface area contributed by atoms with Gasteiger partial charge in [-0.2, -0.15) is 0 Å². The molecular formula is C21H21ClF3NO3. The van der Waals surface area contributed by atoms with Crippen molar-refractivity contribution >= 4 is 11.6 Å². The van der Waals surface area contributed by atoms with Crippen LogP contribution in [0, 0.1) is 52.1 Å². The SMILES string of the molecule is Cc1c(F)ccc(F)c1F.Cc1cc2c(cc1Cl)OCO2.Cc1noc(C)c1C. The van der Waals surface area contributed by atoms with E-state index >= 15 is 0 Å². The highest BCUT2D eigenvalue weighted by molar-refractivity contribution is 6.31. The van der Waals surface area contributed by atoms with Gasteiger partial charge >= 0.3 is 0 Å². The van der Waals surface area contributed by atoms with E-state index in [0.29, 0.717) is 11.8 Å². The van der Waals surface area contributed by atoms with Crippen LogP contribution in [0.2, 0.25) is 5.02 Å². The molecule has 0 N–H and O–H groups in total. The van der Waals surface area contributed by atoms with Gasteiger partial charge in [-0.1, -0.05) is 16.8 Å². The van der Waals surface area contributed by atoms with E-state index in [0.717, 1.165) is 46.2 Å². The van der Waals surface area contributed by atoms with Gasteiger partial charge in [-0.3, -0.25) is 0 Å². The quantitative estimate of drug-likeness (QED) is 0.390. The lowest BCUT2D eigenvalue weighted by Crippen LogP contribution is -1.92. The number of nitrogens with zero attached hydrogens (tertiary/aromatic N) is 1. The van der Waals surface area contributed by atoms with E-state index in [1.54, 1.807) is 6.07 Å². The molecule has 3 aromatic rings. The summed E-state index contributed by atoms with van der Waals surface area (Å²) >= 11 is 5.86. The summed E-state index contributed by atoms with van der Waals surface area (Å²) < 4.78 is 52.1. The highest BCUT2D eigenvalue weighted by Crippen LogP contribution is 2.36. The fourth-order valence-corrected chi connectivity index (χ4v) is 2.33. The lowest BCUT2D eigenvalue weighted by molar-refractivity contribution is 0.174. The van der Waals surface area contributed by atoms with Crippen LogP contribution in [0.25, 0.3) is 0 Å². The fraction of sp³-hybridized carbons (Fsp3) is 0.286. The molecular weight excluding hydrogens is 407 g/mol. The minimum absolute atomic E-state index is 0.278. The Labute approximate surface area is 172 Å². The van der Waals surface area contributed by atoms with Crippen LogP contribution in [0.1, 0.15) is 28.1 Å². The van der Waals surface area contributed by atoms with E-state index in [9.17, 15) is 13.2 Å². The van der Waals surface area contributed by atoms with E-state index in [4.69, 9.17) is 25.6 Å². The van der Waals surface area contributed by atoms with Gasteiger partial charge in [0.2, 0.25) is 6.79 Å². The van der Waals surface area contributed by atoms with E-state index in [1.165, 1.54) is 6.92 Å². The van der Waals surface area contributed by atoms with Gasteiger partial charge in [-0.05, 0) is 58.4 Å². The first-order chi connectivity index (χ1) is 13.6. The summed E-state index contributed by atoms with van der Waals surface area (Å²) in [6.45, 7) is 9.27. The van der Waals surface area contributed by atoms with Crippen molar-refractivity contribution in [3.05, 3.63) is 74.9 Å². The molecule has 4 nitrogen and oxygen atoms in total. The highest BCUT2D eigenvalue weighted by atomic mass is 35.5. The molecule has 0 saturated carbocycles. The zero-order chi connectivity index (χ0) is 21.7. The molecule has 0 unspecified atom stereocenters. The van der Waals surface area contributed by atoms with Crippen molar-refractivity contribution in [2.45, 2.75) is 34.6 Å². The van der Waals surface area contributed by atoms with Gasteiger partial charge in [0.15, 0.2) is 23.1 Å². The molecule has 8 heteroatoms. The van der Waals surface area contributed by atoms with Crippen LogP contribution in [0.15, 0.2) is 28.8 Å². The second-order valence-electron chi connectivity index (χ2n) is 6.37. The Morgan fingerprint density at radius 3 is 1.93 bits per heavy atom. The maximum Gasteiger partial charge on any atom is 0.231 e. The molecule has 0 bridgehead atoms. The molecule has 1 aliphatic rings. The monoisotopic (exact) mass is 427 g/mol. The fourth-order valence-electron chi connectivity index (χ4n) is 2.18. The molecule has 0 saturated heterocycles. The second kappa shape index (κ2) is 9.69. The van der Waals surface area contributed by atoms with E-state index < -0.39 is 17.5 Å². The topological polar surface area (TPSA) is 44.5 Å². The van der Waals surface area contributed by atoms with Gasteiger partial charge in [0, 0.05) is 22.2 Å². The van der Waals surface area contributed by atoms with Gasteiger partial charge in [-0.15, -0.1) is 0 Å². The van der Waals surface area contributed by atoms with Crippen LogP contribution >= 0.6 is 11.6 Å². The molecule has 0 aliphatic carbocycles. The van der Waals surface area contributed by atoms with Crippen LogP contribution in [0.5, 0.6) is 11.5 Å². The first kappa shape index (κ1) is 22.6. The Morgan fingerprint density at radius 2 is 1.45 bits per heavy atom. The highest BCUT2D eigenvalue weighted by Gasteiger charge is 2.14. The van der Waals surface area contributed by atoms with E-state index in [1.807, 2.05) is 33.8 Å². The number of benzene rings is 2. The summed E-state index contributed by atoms with van der Waals surface area (Å²) in [6.07, 6.45) is 0. The molecule has 4 rings (SSSR count). The number of ether oxygens (including phenoxy) is 2. The van der Waals surface area contributed by atoms with Crippen molar-refractivity contribution in [3.8, 4) is 11.5 Å². The predicted molar refractivity (Wildman–Crippen MR) is 104 cm³/mol. The third-order valence-corrected chi connectivity index (χ3v) is 4.72. The summed E-state index contributed by atoms with van der Waals surface area (Å²) in [4.78, 5) is 0. The molecule has 156 valence electrons. The average molecular weight is 428 g/mol. The van der Waals surface area contributed by atoms with E-state index in [-0.39, 0.29) is 5.56 Å². The lowest BCUT2D eigenvalue weighted by Gasteiger charge is -1.99. The van der Waals surface area contributed by atoms with E-state index in [2.05, 4.69) is 5.16 Å². The number of aromatic nitrogens is 1. The number of hydrogen-bond donors (Lipinski definition) is 0. The molecule has 0 atom stereocenters. The Balaban J connectivity index is 0.000000157. The van der Waals surface area contributed by atoms with Crippen LogP contribution in [0.3, 0.4) is 0 Å². The predicted octanol–water partition coefficient (Wildman–Crippen LogP) is 6.39. The van der Waals surface area contributed by atoms with Crippen molar-refractivity contribution in [1.82, 2.24) is 5.16 Å². The Morgan fingerprint density at radius 1 is 0.862 bits per heavy atom. The first-order valence-electron chi connectivity index (χ1n) is 8.67. The van der Waals surface area contributed by atoms with Gasteiger partial charge in [0.05, 0.1) is 5.69 Å². The minimum Gasteiger partial charge on any atom is -0.454 e. The number of fused-ring (bicyclic) bond motifs is 1. The molecule has 0 spiro atoms. The number of hydrogen-bond acceptors (Lipinski definition) is 4. The summed E-state index contributed by atoms with van der Waals surface area (Å²) in [5, 5.41) is 4.46. The first-order valence-corrected chi connectivity index (χ1v) is 9.05. The molecule has 0 amide bonds. The van der Waals surface area contributed by atoms with Crippen molar-refractivity contribution in [3.63, 3.8) is 0 Å². The average Bonchev–Trinajstić information content (AvgIpc) is 3.26. The number of halogens is 4. The lowest BCUT2D eigenvalue weighted by atomic mass is 10.2. The van der Waals surface area contributed by atoms with Crippen molar-refractivity contribution in [1.29, 1.82) is 0 Å². The third kappa shape index (κ3) is 5.67. The Hall–Kier alpha value is -2.67. The Kier molecular flexibility index (Phi) is 7.56. The van der Waals surface area contributed by atoms with Gasteiger partial charge in [0.1, 0.15) is 11.6 Å². The minimum atomic E-state index is -1.11. The summed E-state index contributed by atoms with van der Waals surface area (Å²) in [6, 6.07) is 5.31. The number of rotatable bonds is 0. The van der Waals surface area contributed by atoms with Gasteiger partial charge < -0.3 is 14.0 Å².